The Hall–Kier alpha value is -1.93. The summed E-state index contributed by atoms with van der Waals surface area (Å²) in [5.41, 5.74) is 9.46. The Labute approximate surface area is 127 Å². The Morgan fingerprint density at radius 2 is 1.57 bits per heavy atom. The van der Waals surface area contributed by atoms with Gasteiger partial charge in [-0.15, -0.1) is 0 Å². The summed E-state index contributed by atoms with van der Waals surface area (Å²) in [4.78, 5) is 12.2. The zero-order chi connectivity index (χ0) is 15.2. The summed E-state index contributed by atoms with van der Waals surface area (Å²) in [5, 5.41) is 0. The molecule has 2 rings (SSSR count). The van der Waals surface area contributed by atoms with Crippen LogP contribution in [0.5, 0.6) is 0 Å². The Morgan fingerprint density at radius 1 is 0.952 bits per heavy atom. The van der Waals surface area contributed by atoms with Crippen LogP contribution in [0.4, 0.5) is 0 Å². The highest BCUT2D eigenvalue weighted by atomic mass is 16.1. The second kappa shape index (κ2) is 7.19. The first-order chi connectivity index (χ1) is 10.1. The van der Waals surface area contributed by atoms with Crippen LogP contribution in [0.15, 0.2) is 54.6 Å². The van der Waals surface area contributed by atoms with E-state index >= 15 is 0 Å². The van der Waals surface area contributed by atoms with Crippen LogP contribution >= 0.6 is 0 Å². The Balaban J connectivity index is 1.94. The Morgan fingerprint density at radius 3 is 2.14 bits per heavy atom. The van der Waals surface area contributed by atoms with Crippen molar-refractivity contribution in [2.24, 2.45) is 5.73 Å². The van der Waals surface area contributed by atoms with Gasteiger partial charge in [-0.25, -0.2) is 0 Å². The number of Topliss-reactive ketones (excluding diaryl/α,β-unsaturated/α-hetero) is 1. The minimum atomic E-state index is -0.433. The van der Waals surface area contributed by atoms with E-state index in [9.17, 15) is 4.79 Å². The maximum absolute atomic E-state index is 12.2. The van der Waals surface area contributed by atoms with Crippen LogP contribution in [-0.4, -0.2) is 11.8 Å². The van der Waals surface area contributed by atoms with Crippen LogP contribution in [0.1, 0.15) is 36.5 Å². The van der Waals surface area contributed by atoms with Gasteiger partial charge < -0.3 is 5.73 Å². The summed E-state index contributed by atoms with van der Waals surface area (Å²) in [7, 11) is 0. The first-order valence-corrected chi connectivity index (χ1v) is 7.47. The molecule has 0 radical (unpaired) electrons. The first-order valence-electron chi connectivity index (χ1n) is 7.47. The maximum atomic E-state index is 12.2. The van der Waals surface area contributed by atoms with Crippen LogP contribution in [0.25, 0.3) is 0 Å². The van der Waals surface area contributed by atoms with Gasteiger partial charge in [0, 0.05) is 6.42 Å². The highest BCUT2D eigenvalue weighted by Crippen LogP contribution is 2.15. The number of carbonyl (C=O) groups is 1. The van der Waals surface area contributed by atoms with Gasteiger partial charge in [0.15, 0.2) is 5.78 Å². The molecular weight excluding hydrogens is 258 g/mol. The van der Waals surface area contributed by atoms with Crippen LogP contribution in [0.2, 0.25) is 0 Å². The van der Waals surface area contributed by atoms with Crippen molar-refractivity contribution in [2.45, 2.75) is 38.6 Å². The zero-order valence-corrected chi connectivity index (χ0v) is 12.8. The minimum absolute atomic E-state index is 0.0937. The summed E-state index contributed by atoms with van der Waals surface area (Å²) in [6.45, 7) is 4.33. The van der Waals surface area contributed by atoms with Crippen molar-refractivity contribution in [2.75, 3.05) is 0 Å². The standard InChI is InChI=1S/C19H23NO/c1-14(2)17-10-8-16(9-11-17)13-19(21)18(20)12-15-6-4-3-5-7-15/h3-11,14,18H,12-13,20H2,1-2H3. The molecule has 2 aromatic rings. The fourth-order valence-corrected chi connectivity index (χ4v) is 2.33. The first kappa shape index (κ1) is 15.5. The van der Waals surface area contributed by atoms with E-state index in [1.807, 2.05) is 42.5 Å². The molecule has 2 N–H and O–H groups in total. The van der Waals surface area contributed by atoms with Gasteiger partial charge in [-0.05, 0) is 29.0 Å². The third-order valence-corrected chi connectivity index (χ3v) is 3.74. The van der Waals surface area contributed by atoms with Crippen LogP contribution < -0.4 is 5.73 Å². The Bertz CT molecular complexity index is 572. The molecule has 0 aliphatic heterocycles. The predicted molar refractivity (Wildman–Crippen MR) is 87.4 cm³/mol. The normalized spacial score (nSPS) is 12.4. The monoisotopic (exact) mass is 281 g/mol. The van der Waals surface area contributed by atoms with Gasteiger partial charge in [0.05, 0.1) is 6.04 Å². The molecule has 0 saturated heterocycles. The van der Waals surface area contributed by atoms with Crippen molar-refractivity contribution in [3.63, 3.8) is 0 Å². The Kier molecular flexibility index (Phi) is 5.29. The molecule has 110 valence electrons. The van der Waals surface area contributed by atoms with Gasteiger partial charge in [-0.2, -0.15) is 0 Å². The fourth-order valence-electron chi connectivity index (χ4n) is 2.33. The second-order valence-electron chi connectivity index (χ2n) is 5.84. The van der Waals surface area contributed by atoms with E-state index < -0.39 is 6.04 Å². The van der Waals surface area contributed by atoms with Crippen LogP contribution in [-0.2, 0) is 17.6 Å². The molecule has 0 bridgehead atoms. The molecule has 2 aromatic carbocycles. The van der Waals surface area contributed by atoms with E-state index in [-0.39, 0.29) is 5.78 Å². The molecule has 21 heavy (non-hydrogen) atoms. The average Bonchev–Trinajstić information content (AvgIpc) is 2.48. The maximum Gasteiger partial charge on any atom is 0.154 e. The average molecular weight is 281 g/mol. The molecule has 0 aromatic heterocycles. The minimum Gasteiger partial charge on any atom is -0.321 e. The van der Waals surface area contributed by atoms with Gasteiger partial charge in [-0.1, -0.05) is 68.4 Å². The number of hydrogen-bond donors (Lipinski definition) is 1. The van der Waals surface area contributed by atoms with E-state index in [0.29, 0.717) is 18.8 Å². The van der Waals surface area contributed by atoms with E-state index in [0.717, 1.165) is 11.1 Å². The molecule has 0 aliphatic rings. The SMILES string of the molecule is CC(C)c1ccc(CC(=O)C(N)Cc2ccccc2)cc1. The lowest BCUT2D eigenvalue weighted by molar-refractivity contribution is -0.119. The summed E-state index contributed by atoms with van der Waals surface area (Å²) in [6.07, 6.45) is 1.01. The summed E-state index contributed by atoms with van der Waals surface area (Å²) in [6, 6.07) is 17.7. The van der Waals surface area contributed by atoms with Crippen LogP contribution in [0, 0.1) is 0 Å². The number of ketones is 1. The smallest absolute Gasteiger partial charge is 0.154 e. The van der Waals surface area contributed by atoms with E-state index in [4.69, 9.17) is 5.73 Å². The fraction of sp³-hybridized carbons (Fsp3) is 0.316. The van der Waals surface area contributed by atoms with Gasteiger partial charge in [0.25, 0.3) is 0 Å². The molecule has 1 atom stereocenters. The van der Waals surface area contributed by atoms with Gasteiger partial charge in [-0.3, -0.25) is 4.79 Å². The van der Waals surface area contributed by atoms with E-state index in [1.54, 1.807) is 0 Å². The largest absolute Gasteiger partial charge is 0.321 e. The molecule has 2 heteroatoms. The lowest BCUT2D eigenvalue weighted by atomic mass is 9.96. The lowest BCUT2D eigenvalue weighted by Crippen LogP contribution is -2.33. The molecule has 0 amide bonds. The van der Waals surface area contributed by atoms with Gasteiger partial charge in [0.2, 0.25) is 0 Å². The van der Waals surface area contributed by atoms with Crippen molar-refractivity contribution in [3.8, 4) is 0 Å². The number of hydrogen-bond acceptors (Lipinski definition) is 2. The molecule has 2 nitrogen and oxygen atoms in total. The van der Waals surface area contributed by atoms with E-state index in [2.05, 4.69) is 26.0 Å². The molecule has 1 unspecified atom stereocenters. The van der Waals surface area contributed by atoms with Crippen molar-refractivity contribution < 1.29 is 4.79 Å². The van der Waals surface area contributed by atoms with Crippen molar-refractivity contribution >= 4 is 5.78 Å². The molecule has 0 saturated carbocycles. The summed E-state index contributed by atoms with van der Waals surface area (Å²) in [5.74, 6) is 0.603. The van der Waals surface area contributed by atoms with Crippen molar-refractivity contribution in [1.29, 1.82) is 0 Å². The topological polar surface area (TPSA) is 43.1 Å². The number of nitrogens with two attached hydrogens (primary N) is 1. The summed E-state index contributed by atoms with van der Waals surface area (Å²) < 4.78 is 0. The quantitative estimate of drug-likeness (QED) is 0.880. The highest BCUT2D eigenvalue weighted by Gasteiger charge is 2.14. The van der Waals surface area contributed by atoms with E-state index in [1.165, 1.54) is 5.56 Å². The highest BCUT2D eigenvalue weighted by molar-refractivity contribution is 5.86. The number of benzene rings is 2. The second-order valence-corrected chi connectivity index (χ2v) is 5.84. The summed E-state index contributed by atoms with van der Waals surface area (Å²) >= 11 is 0. The molecule has 0 spiro atoms. The zero-order valence-electron chi connectivity index (χ0n) is 12.8. The van der Waals surface area contributed by atoms with Gasteiger partial charge in [0.1, 0.15) is 0 Å². The number of carbonyl (C=O) groups excluding carboxylic acids is 1. The molecule has 0 fully saturated rings. The van der Waals surface area contributed by atoms with Crippen LogP contribution in [0.3, 0.4) is 0 Å². The van der Waals surface area contributed by atoms with Gasteiger partial charge >= 0.3 is 0 Å². The number of rotatable bonds is 6. The molecule has 0 heterocycles. The third kappa shape index (κ3) is 4.54. The van der Waals surface area contributed by atoms with Crippen molar-refractivity contribution in [3.05, 3.63) is 71.3 Å². The molecule has 0 aliphatic carbocycles. The predicted octanol–water partition coefficient (Wildman–Crippen LogP) is 3.49. The third-order valence-electron chi connectivity index (χ3n) is 3.74. The lowest BCUT2D eigenvalue weighted by Gasteiger charge is -2.11. The molecular formula is C19H23NO. The van der Waals surface area contributed by atoms with Crippen molar-refractivity contribution in [1.82, 2.24) is 0 Å².